The summed E-state index contributed by atoms with van der Waals surface area (Å²) in [5, 5.41) is 4.69. The van der Waals surface area contributed by atoms with E-state index >= 15 is 0 Å². The fourth-order valence-corrected chi connectivity index (χ4v) is 2.89. The van der Waals surface area contributed by atoms with E-state index in [0.29, 0.717) is 6.54 Å². The number of pyridine rings is 1. The zero-order chi connectivity index (χ0) is 19.8. The Hall–Kier alpha value is -2.87. The number of hydrogen-bond donors (Lipinski definition) is 2. The fourth-order valence-electron chi connectivity index (χ4n) is 2.67. The molecule has 1 aliphatic carbocycles. The smallest absolute Gasteiger partial charge is 0.385 e. The number of benzene rings is 1. The van der Waals surface area contributed by atoms with Crippen LogP contribution in [0.4, 0.5) is 24.5 Å². The van der Waals surface area contributed by atoms with Crippen LogP contribution < -0.4 is 10.6 Å². The van der Waals surface area contributed by atoms with E-state index in [2.05, 4.69) is 15.6 Å². The van der Waals surface area contributed by atoms with Crippen LogP contribution in [0.5, 0.6) is 0 Å². The molecule has 0 atom stereocenters. The highest BCUT2D eigenvalue weighted by molar-refractivity contribution is 6.50. The number of rotatable bonds is 4. The lowest BCUT2D eigenvalue weighted by atomic mass is 9.96. The summed E-state index contributed by atoms with van der Waals surface area (Å²) < 4.78 is 40.4. The van der Waals surface area contributed by atoms with Gasteiger partial charge >= 0.3 is 6.18 Å². The van der Waals surface area contributed by atoms with Gasteiger partial charge in [-0.2, -0.15) is 13.2 Å². The van der Waals surface area contributed by atoms with Crippen molar-refractivity contribution < 1.29 is 22.8 Å². The fraction of sp³-hybridized carbons (Fsp3) is 0.167. The van der Waals surface area contributed by atoms with Gasteiger partial charge in [-0.15, -0.1) is 0 Å². The van der Waals surface area contributed by atoms with Gasteiger partial charge < -0.3 is 10.6 Å². The molecule has 0 saturated carbocycles. The van der Waals surface area contributed by atoms with Crippen molar-refractivity contribution in [3.05, 3.63) is 64.1 Å². The van der Waals surface area contributed by atoms with Crippen LogP contribution in [0.2, 0.25) is 0 Å². The molecule has 0 fully saturated rings. The molecule has 0 unspecified atom stereocenters. The number of anilines is 2. The Morgan fingerprint density at radius 2 is 1.89 bits per heavy atom. The number of alkyl halides is 3. The summed E-state index contributed by atoms with van der Waals surface area (Å²) in [6.45, 7) is 2.19. The molecular formula is C18H13ClF3N3O2. The van der Waals surface area contributed by atoms with Gasteiger partial charge in [0.25, 0.3) is 0 Å². The highest BCUT2D eigenvalue weighted by atomic mass is 35.5. The average molecular weight is 396 g/mol. The number of fused-ring (bicyclic) bond motifs is 1. The predicted octanol–water partition coefficient (Wildman–Crippen LogP) is 4.47. The normalized spacial score (nSPS) is 14.3. The standard InChI is InChI=1S/C18H13ClF3N3O2/c1-2-23-9-5-6-12(11(8-9)18(20,21)22)25-15-13(19)17(27)14-10(16(15)26)4-3-7-24-14/h3-8,23,25H,2H2,1H3. The molecule has 9 heteroatoms. The molecule has 0 radical (unpaired) electrons. The summed E-state index contributed by atoms with van der Waals surface area (Å²) in [4.78, 5) is 28.8. The first-order chi connectivity index (χ1) is 12.7. The zero-order valence-electron chi connectivity index (χ0n) is 13.9. The molecule has 0 aliphatic heterocycles. The van der Waals surface area contributed by atoms with Crippen molar-refractivity contribution >= 4 is 34.5 Å². The van der Waals surface area contributed by atoms with Crippen molar-refractivity contribution in [1.82, 2.24) is 4.98 Å². The summed E-state index contributed by atoms with van der Waals surface area (Å²) in [5.41, 5.74) is -1.66. The van der Waals surface area contributed by atoms with Crippen molar-refractivity contribution in [2.24, 2.45) is 0 Å². The first kappa shape index (κ1) is 18.9. The Labute approximate surface area is 157 Å². The molecule has 2 N–H and O–H groups in total. The van der Waals surface area contributed by atoms with E-state index < -0.39 is 34.0 Å². The number of ketones is 2. The predicted molar refractivity (Wildman–Crippen MR) is 95.0 cm³/mol. The van der Waals surface area contributed by atoms with Gasteiger partial charge in [0.2, 0.25) is 11.6 Å². The second-order valence-corrected chi connectivity index (χ2v) is 6.04. The Kier molecular flexibility index (Phi) is 4.93. The van der Waals surface area contributed by atoms with Gasteiger partial charge in [0.15, 0.2) is 0 Å². The summed E-state index contributed by atoms with van der Waals surface area (Å²) in [6.07, 6.45) is -3.35. The van der Waals surface area contributed by atoms with Crippen LogP contribution in [0.1, 0.15) is 33.3 Å². The van der Waals surface area contributed by atoms with Crippen LogP contribution >= 0.6 is 11.6 Å². The van der Waals surface area contributed by atoms with Gasteiger partial charge in [0.05, 0.1) is 16.8 Å². The van der Waals surface area contributed by atoms with Crippen molar-refractivity contribution in [3.8, 4) is 0 Å². The minimum atomic E-state index is -4.68. The lowest BCUT2D eigenvalue weighted by Crippen LogP contribution is -2.26. The molecule has 1 heterocycles. The SMILES string of the molecule is CCNc1ccc(NC2=C(Cl)C(=O)c3ncccc3C2=O)c(C(F)(F)F)c1. The quantitative estimate of drug-likeness (QED) is 0.799. The van der Waals surface area contributed by atoms with Gasteiger partial charge in [0.1, 0.15) is 16.4 Å². The van der Waals surface area contributed by atoms with E-state index in [-0.39, 0.29) is 22.6 Å². The largest absolute Gasteiger partial charge is 0.418 e. The highest BCUT2D eigenvalue weighted by Crippen LogP contribution is 2.38. The first-order valence-electron chi connectivity index (χ1n) is 7.90. The van der Waals surface area contributed by atoms with E-state index in [1.807, 2.05) is 0 Å². The molecule has 1 aliphatic rings. The summed E-state index contributed by atoms with van der Waals surface area (Å²) in [7, 11) is 0. The number of carbonyl (C=O) groups excluding carboxylic acids is 2. The Balaban J connectivity index is 2.06. The van der Waals surface area contributed by atoms with E-state index in [4.69, 9.17) is 11.6 Å². The van der Waals surface area contributed by atoms with Gasteiger partial charge in [-0.3, -0.25) is 14.6 Å². The number of hydrogen-bond acceptors (Lipinski definition) is 5. The van der Waals surface area contributed by atoms with E-state index in [0.717, 1.165) is 6.07 Å². The maximum atomic E-state index is 13.5. The Morgan fingerprint density at radius 3 is 2.56 bits per heavy atom. The van der Waals surface area contributed by atoms with Crippen LogP contribution in [0.3, 0.4) is 0 Å². The van der Waals surface area contributed by atoms with Crippen LogP contribution in [0.15, 0.2) is 47.3 Å². The molecule has 0 spiro atoms. The third-order valence-electron chi connectivity index (χ3n) is 3.88. The molecule has 1 aromatic carbocycles. The van der Waals surface area contributed by atoms with Crippen LogP contribution in [0.25, 0.3) is 0 Å². The Morgan fingerprint density at radius 1 is 1.15 bits per heavy atom. The molecule has 0 bridgehead atoms. The molecule has 0 saturated heterocycles. The van der Waals surface area contributed by atoms with Crippen LogP contribution in [-0.2, 0) is 6.18 Å². The molecule has 0 amide bonds. The van der Waals surface area contributed by atoms with E-state index in [9.17, 15) is 22.8 Å². The van der Waals surface area contributed by atoms with Gasteiger partial charge in [-0.05, 0) is 37.3 Å². The summed E-state index contributed by atoms with van der Waals surface area (Å²) in [6, 6.07) is 6.35. The van der Waals surface area contributed by atoms with Crippen molar-refractivity contribution in [1.29, 1.82) is 0 Å². The zero-order valence-corrected chi connectivity index (χ0v) is 14.7. The molecule has 27 heavy (non-hydrogen) atoms. The van der Waals surface area contributed by atoms with E-state index in [1.165, 1.54) is 30.5 Å². The van der Waals surface area contributed by atoms with Crippen molar-refractivity contribution in [2.75, 3.05) is 17.2 Å². The monoisotopic (exact) mass is 395 g/mol. The number of aromatic nitrogens is 1. The number of Topliss-reactive ketones (excluding diaryl/α,β-unsaturated/α-hetero) is 2. The third kappa shape index (κ3) is 3.52. The number of carbonyl (C=O) groups is 2. The number of nitrogens with one attached hydrogen (secondary N) is 2. The maximum Gasteiger partial charge on any atom is 0.418 e. The minimum absolute atomic E-state index is 0.0211. The summed E-state index contributed by atoms with van der Waals surface area (Å²) >= 11 is 5.97. The van der Waals surface area contributed by atoms with Gasteiger partial charge in [-0.1, -0.05) is 11.6 Å². The van der Waals surface area contributed by atoms with Gasteiger partial charge in [-0.25, -0.2) is 0 Å². The molecule has 3 rings (SSSR count). The Bertz CT molecular complexity index is 971. The maximum absolute atomic E-state index is 13.5. The lowest BCUT2D eigenvalue weighted by Gasteiger charge is -2.21. The van der Waals surface area contributed by atoms with Crippen molar-refractivity contribution in [2.45, 2.75) is 13.1 Å². The topological polar surface area (TPSA) is 71.1 Å². The summed E-state index contributed by atoms with van der Waals surface area (Å²) in [5.74, 6) is -1.43. The average Bonchev–Trinajstić information content (AvgIpc) is 2.63. The first-order valence-corrected chi connectivity index (χ1v) is 8.28. The second kappa shape index (κ2) is 7.03. The van der Waals surface area contributed by atoms with Gasteiger partial charge in [0, 0.05) is 18.4 Å². The minimum Gasteiger partial charge on any atom is -0.385 e. The van der Waals surface area contributed by atoms with Crippen LogP contribution in [-0.4, -0.2) is 23.1 Å². The second-order valence-electron chi connectivity index (χ2n) is 5.66. The third-order valence-corrected chi connectivity index (χ3v) is 4.24. The number of allylic oxidation sites excluding steroid dienone is 2. The van der Waals surface area contributed by atoms with Crippen molar-refractivity contribution in [3.63, 3.8) is 0 Å². The molecule has 2 aromatic rings. The molecule has 5 nitrogen and oxygen atoms in total. The van der Waals surface area contributed by atoms with E-state index in [1.54, 1.807) is 6.92 Å². The van der Waals surface area contributed by atoms with Crippen LogP contribution in [0, 0.1) is 0 Å². The number of nitrogens with zero attached hydrogens (tertiary/aromatic N) is 1. The highest BCUT2D eigenvalue weighted by Gasteiger charge is 2.37. The molecular weight excluding hydrogens is 383 g/mol. The lowest BCUT2D eigenvalue weighted by molar-refractivity contribution is -0.136. The number of halogens is 4. The molecule has 140 valence electrons. The molecule has 1 aromatic heterocycles.